The smallest absolute Gasteiger partial charge is 0.272 e. The fraction of sp³-hybridized carbons (Fsp3) is 0.250. The van der Waals surface area contributed by atoms with Gasteiger partial charge >= 0.3 is 0 Å². The Morgan fingerprint density at radius 3 is 2.75 bits per heavy atom. The highest BCUT2D eigenvalue weighted by atomic mass is 35.5. The maximum absolute atomic E-state index is 12.2. The van der Waals surface area contributed by atoms with Crippen molar-refractivity contribution in [2.45, 2.75) is 6.54 Å². The molecule has 0 aliphatic carbocycles. The maximum Gasteiger partial charge on any atom is 0.272 e. The van der Waals surface area contributed by atoms with Crippen LogP contribution < -0.4 is 5.32 Å². The van der Waals surface area contributed by atoms with Gasteiger partial charge in [-0.2, -0.15) is 0 Å². The standard InChI is InChI=1S/C12H12Cl2N4O2/c1-20-6-5-18-4-2-3-8(18)12(19)17-9-10(13)15-7-16-11(9)14/h2-4,7H,5-6H2,1H3,(H,17,19). The highest BCUT2D eigenvalue weighted by molar-refractivity contribution is 6.38. The molecule has 1 N–H and O–H groups in total. The van der Waals surface area contributed by atoms with E-state index in [-0.39, 0.29) is 21.9 Å². The van der Waals surface area contributed by atoms with Gasteiger partial charge in [-0.05, 0) is 12.1 Å². The molecule has 2 rings (SSSR count). The van der Waals surface area contributed by atoms with Crippen molar-refractivity contribution in [3.63, 3.8) is 0 Å². The van der Waals surface area contributed by atoms with Crippen molar-refractivity contribution >= 4 is 34.8 Å². The predicted octanol–water partition coefficient (Wildman–Crippen LogP) is 2.48. The van der Waals surface area contributed by atoms with E-state index in [1.807, 2.05) is 0 Å². The molecule has 6 nitrogen and oxygen atoms in total. The van der Waals surface area contributed by atoms with Gasteiger partial charge in [-0.25, -0.2) is 9.97 Å². The van der Waals surface area contributed by atoms with Crippen molar-refractivity contribution in [2.75, 3.05) is 19.0 Å². The van der Waals surface area contributed by atoms with E-state index in [0.29, 0.717) is 18.8 Å². The zero-order chi connectivity index (χ0) is 14.5. The Kier molecular flexibility index (Phi) is 4.94. The van der Waals surface area contributed by atoms with Crippen LogP contribution in [-0.2, 0) is 11.3 Å². The van der Waals surface area contributed by atoms with Crippen molar-refractivity contribution in [3.8, 4) is 0 Å². The minimum absolute atomic E-state index is 0.0911. The molecule has 0 atom stereocenters. The Balaban J connectivity index is 2.18. The number of hydrogen-bond donors (Lipinski definition) is 1. The first-order chi connectivity index (χ1) is 9.63. The summed E-state index contributed by atoms with van der Waals surface area (Å²) in [6.07, 6.45) is 3.01. The molecule has 0 radical (unpaired) electrons. The summed E-state index contributed by atoms with van der Waals surface area (Å²) in [7, 11) is 1.60. The lowest BCUT2D eigenvalue weighted by Gasteiger charge is -2.10. The summed E-state index contributed by atoms with van der Waals surface area (Å²) in [5, 5.41) is 2.79. The molecule has 8 heteroatoms. The molecule has 0 aliphatic heterocycles. The maximum atomic E-state index is 12.2. The molecule has 2 aromatic rings. The lowest BCUT2D eigenvalue weighted by molar-refractivity contribution is 0.101. The van der Waals surface area contributed by atoms with Crippen LogP contribution in [-0.4, -0.2) is 34.2 Å². The number of nitrogens with zero attached hydrogens (tertiary/aromatic N) is 3. The van der Waals surface area contributed by atoms with E-state index in [4.69, 9.17) is 27.9 Å². The van der Waals surface area contributed by atoms with E-state index in [1.54, 1.807) is 30.0 Å². The SMILES string of the molecule is COCCn1cccc1C(=O)Nc1c(Cl)ncnc1Cl. The van der Waals surface area contributed by atoms with Crippen LogP contribution >= 0.6 is 23.2 Å². The van der Waals surface area contributed by atoms with Crippen molar-refractivity contribution < 1.29 is 9.53 Å². The molecule has 0 saturated carbocycles. The van der Waals surface area contributed by atoms with Gasteiger partial charge in [0.05, 0.1) is 6.61 Å². The van der Waals surface area contributed by atoms with E-state index in [9.17, 15) is 4.79 Å². The molecule has 0 bridgehead atoms. The first-order valence-corrected chi connectivity index (χ1v) is 6.50. The number of aromatic nitrogens is 3. The van der Waals surface area contributed by atoms with Gasteiger partial charge in [0.15, 0.2) is 10.3 Å². The average molecular weight is 315 g/mol. The zero-order valence-corrected chi connectivity index (χ0v) is 12.1. The van der Waals surface area contributed by atoms with Crippen molar-refractivity contribution in [3.05, 3.63) is 40.7 Å². The number of methoxy groups -OCH3 is 1. The highest BCUT2D eigenvalue weighted by Gasteiger charge is 2.15. The number of halogens is 2. The fourth-order valence-electron chi connectivity index (χ4n) is 1.63. The molecule has 20 heavy (non-hydrogen) atoms. The minimum Gasteiger partial charge on any atom is -0.383 e. The third kappa shape index (κ3) is 3.27. The second kappa shape index (κ2) is 6.69. The van der Waals surface area contributed by atoms with E-state index in [0.717, 1.165) is 0 Å². The van der Waals surface area contributed by atoms with Gasteiger partial charge in [0.25, 0.3) is 5.91 Å². The molecular weight excluding hydrogens is 303 g/mol. The van der Waals surface area contributed by atoms with Crippen LogP contribution in [0.2, 0.25) is 10.3 Å². The van der Waals surface area contributed by atoms with E-state index in [1.165, 1.54) is 6.33 Å². The van der Waals surface area contributed by atoms with Gasteiger partial charge in [-0.1, -0.05) is 23.2 Å². The van der Waals surface area contributed by atoms with E-state index in [2.05, 4.69) is 15.3 Å². The molecule has 0 aromatic carbocycles. The number of nitrogens with one attached hydrogen (secondary N) is 1. The first kappa shape index (κ1) is 14.8. The van der Waals surface area contributed by atoms with Crippen LogP contribution in [0, 0.1) is 0 Å². The molecule has 0 saturated heterocycles. The first-order valence-electron chi connectivity index (χ1n) is 5.75. The van der Waals surface area contributed by atoms with Crippen LogP contribution in [0.1, 0.15) is 10.5 Å². The number of carbonyl (C=O) groups excluding carboxylic acids is 1. The molecule has 0 unspecified atom stereocenters. The highest BCUT2D eigenvalue weighted by Crippen LogP contribution is 2.26. The summed E-state index contributed by atoms with van der Waals surface area (Å²) in [6, 6.07) is 3.46. The number of anilines is 1. The number of rotatable bonds is 5. The van der Waals surface area contributed by atoms with Crippen molar-refractivity contribution in [1.29, 1.82) is 0 Å². The molecule has 0 aliphatic rings. The van der Waals surface area contributed by atoms with Gasteiger partial charge in [0, 0.05) is 19.9 Å². The molecule has 2 heterocycles. The topological polar surface area (TPSA) is 69.0 Å². The molecular formula is C12H12Cl2N4O2. The Morgan fingerprint density at radius 2 is 2.10 bits per heavy atom. The van der Waals surface area contributed by atoms with Crippen LogP contribution in [0.4, 0.5) is 5.69 Å². The Labute approximate surface area is 125 Å². The zero-order valence-electron chi connectivity index (χ0n) is 10.6. The minimum atomic E-state index is -0.343. The van der Waals surface area contributed by atoms with Gasteiger partial charge < -0.3 is 14.6 Å². The normalized spacial score (nSPS) is 10.6. The third-order valence-corrected chi connectivity index (χ3v) is 3.16. The molecule has 106 valence electrons. The third-order valence-electron chi connectivity index (χ3n) is 2.59. The van der Waals surface area contributed by atoms with Crippen LogP contribution in [0.15, 0.2) is 24.7 Å². The van der Waals surface area contributed by atoms with Crippen LogP contribution in [0.5, 0.6) is 0 Å². The van der Waals surface area contributed by atoms with Gasteiger partial charge in [-0.3, -0.25) is 4.79 Å². The summed E-state index contributed by atoms with van der Waals surface area (Å²) in [5.41, 5.74) is 0.665. The average Bonchev–Trinajstić information content (AvgIpc) is 2.89. The monoisotopic (exact) mass is 314 g/mol. The van der Waals surface area contributed by atoms with E-state index < -0.39 is 0 Å². The van der Waals surface area contributed by atoms with Crippen LogP contribution in [0.25, 0.3) is 0 Å². The Bertz CT molecular complexity index is 595. The summed E-state index contributed by atoms with van der Waals surface area (Å²) in [6.45, 7) is 1.07. The van der Waals surface area contributed by atoms with Gasteiger partial charge in [-0.15, -0.1) is 0 Å². The molecule has 1 amide bonds. The lowest BCUT2D eigenvalue weighted by atomic mass is 10.3. The quantitative estimate of drug-likeness (QED) is 0.861. The number of ether oxygens (including phenoxy) is 1. The molecule has 0 spiro atoms. The number of carbonyl (C=O) groups is 1. The van der Waals surface area contributed by atoms with Crippen LogP contribution in [0.3, 0.4) is 0 Å². The lowest BCUT2D eigenvalue weighted by Crippen LogP contribution is -2.18. The molecule has 2 aromatic heterocycles. The number of amides is 1. The van der Waals surface area contributed by atoms with Gasteiger partial charge in [0.2, 0.25) is 0 Å². The van der Waals surface area contributed by atoms with E-state index >= 15 is 0 Å². The van der Waals surface area contributed by atoms with Gasteiger partial charge in [0.1, 0.15) is 17.7 Å². The van der Waals surface area contributed by atoms with Crippen molar-refractivity contribution in [1.82, 2.24) is 14.5 Å². The fourth-order valence-corrected chi connectivity index (χ4v) is 2.04. The summed E-state index contributed by atoms with van der Waals surface area (Å²) < 4.78 is 6.76. The Hall–Kier alpha value is -1.63. The second-order valence-corrected chi connectivity index (χ2v) is 4.58. The summed E-state index contributed by atoms with van der Waals surface area (Å²) >= 11 is 11.8. The Morgan fingerprint density at radius 1 is 1.40 bits per heavy atom. The second-order valence-electron chi connectivity index (χ2n) is 3.86. The van der Waals surface area contributed by atoms with Crippen molar-refractivity contribution in [2.24, 2.45) is 0 Å². The largest absolute Gasteiger partial charge is 0.383 e. The number of hydrogen-bond acceptors (Lipinski definition) is 4. The summed E-state index contributed by atoms with van der Waals surface area (Å²) in [5.74, 6) is -0.343. The summed E-state index contributed by atoms with van der Waals surface area (Å²) in [4.78, 5) is 19.8. The predicted molar refractivity (Wildman–Crippen MR) is 76.3 cm³/mol. The molecule has 0 fully saturated rings.